The van der Waals surface area contributed by atoms with Gasteiger partial charge in [-0.2, -0.15) is 0 Å². The van der Waals surface area contributed by atoms with Crippen molar-refractivity contribution < 1.29 is 5.11 Å². The maximum Gasteiger partial charge on any atom is 0.123 e. The smallest absolute Gasteiger partial charge is 0.123 e. The van der Waals surface area contributed by atoms with Crippen molar-refractivity contribution in [2.75, 3.05) is 0 Å². The van der Waals surface area contributed by atoms with Crippen molar-refractivity contribution >= 4 is 0 Å². The molecule has 0 unspecified atom stereocenters. The number of phenolic OH excluding ortho intramolecular Hbond substituents is 1. The minimum Gasteiger partial charge on any atom is -0.507 e. The molecular weight excluding hydrogens is 280 g/mol. The first-order valence-electron chi connectivity index (χ1n) is 9.19. The Morgan fingerprint density at radius 1 is 0.696 bits per heavy atom. The Hall–Kier alpha value is -1.76. The fourth-order valence-electron chi connectivity index (χ4n) is 3.18. The summed E-state index contributed by atoms with van der Waals surface area (Å²) in [6.45, 7) is 2.26. The van der Waals surface area contributed by atoms with Crippen molar-refractivity contribution in [3.8, 4) is 16.9 Å². The van der Waals surface area contributed by atoms with Crippen molar-refractivity contribution in [1.82, 2.24) is 0 Å². The molecule has 2 aromatic rings. The van der Waals surface area contributed by atoms with Gasteiger partial charge in [0, 0.05) is 5.56 Å². The molecule has 1 nitrogen and oxygen atoms in total. The van der Waals surface area contributed by atoms with E-state index >= 15 is 0 Å². The lowest BCUT2D eigenvalue weighted by atomic mass is 9.94. The predicted molar refractivity (Wildman–Crippen MR) is 99.9 cm³/mol. The van der Waals surface area contributed by atoms with Crippen LogP contribution in [0.25, 0.3) is 11.1 Å². The fourth-order valence-corrected chi connectivity index (χ4v) is 3.18. The van der Waals surface area contributed by atoms with Gasteiger partial charge >= 0.3 is 0 Å². The Labute approximate surface area is 141 Å². The van der Waals surface area contributed by atoms with Gasteiger partial charge in [-0.3, -0.25) is 0 Å². The highest BCUT2D eigenvalue weighted by atomic mass is 16.3. The molecule has 0 aliphatic carbocycles. The van der Waals surface area contributed by atoms with Gasteiger partial charge in [0.2, 0.25) is 0 Å². The number of aromatic hydroxyl groups is 1. The van der Waals surface area contributed by atoms with Crippen LogP contribution in [-0.2, 0) is 6.42 Å². The van der Waals surface area contributed by atoms with Crippen LogP contribution in [0.3, 0.4) is 0 Å². The molecule has 0 spiro atoms. The number of aryl methyl sites for hydroxylation is 1. The van der Waals surface area contributed by atoms with E-state index in [9.17, 15) is 5.11 Å². The lowest BCUT2D eigenvalue weighted by molar-refractivity contribution is 0.476. The van der Waals surface area contributed by atoms with Crippen molar-refractivity contribution in [2.24, 2.45) is 0 Å². The molecule has 0 fully saturated rings. The van der Waals surface area contributed by atoms with E-state index in [0.717, 1.165) is 17.5 Å². The molecule has 0 amide bonds. The largest absolute Gasteiger partial charge is 0.507 e. The molecule has 0 bridgehead atoms. The zero-order chi connectivity index (χ0) is 16.3. The molecule has 0 saturated heterocycles. The van der Waals surface area contributed by atoms with Crippen LogP contribution in [0.5, 0.6) is 5.75 Å². The molecule has 1 heteroatoms. The van der Waals surface area contributed by atoms with Gasteiger partial charge < -0.3 is 5.11 Å². The second-order valence-electron chi connectivity index (χ2n) is 6.40. The molecule has 2 rings (SSSR count). The van der Waals surface area contributed by atoms with Crippen LogP contribution in [0.1, 0.15) is 63.9 Å². The van der Waals surface area contributed by atoms with Crippen LogP contribution in [0.2, 0.25) is 0 Å². The van der Waals surface area contributed by atoms with Crippen molar-refractivity contribution in [3.63, 3.8) is 0 Å². The van der Waals surface area contributed by atoms with E-state index < -0.39 is 0 Å². The third-order valence-electron chi connectivity index (χ3n) is 4.49. The van der Waals surface area contributed by atoms with Crippen LogP contribution in [-0.4, -0.2) is 5.11 Å². The summed E-state index contributed by atoms with van der Waals surface area (Å²) in [5.74, 6) is 0.397. The molecule has 0 aromatic heterocycles. The lowest BCUT2D eigenvalue weighted by Crippen LogP contribution is -1.92. The zero-order valence-corrected chi connectivity index (χ0v) is 14.4. The maximum atomic E-state index is 10.3. The average Bonchev–Trinajstić information content (AvgIpc) is 2.58. The highest BCUT2D eigenvalue weighted by molar-refractivity contribution is 5.73. The molecule has 124 valence electrons. The SMILES string of the molecule is CCCCCCCCCCc1cccc(O)c1-c1ccccc1. The maximum absolute atomic E-state index is 10.3. The van der Waals surface area contributed by atoms with E-state index in [1.807, 2.05) is 24.3 Å². The molecular formula is C22H30O. The van der Waals surface area contributed by atoms with Gasteiger partial charge in [-0.25, -0.2) is 0 Å². The van der Waals surface area contributed by atoms with Gasteiger partial charge in [0.05, 0.1) is 0 Å². The van der Waals surface area contributed by atoms with Crippen molar-refractivity contribution in [1.29, 1.82) is 0 Å². The lowest BCUT2D eigenvalue weighted by Gasteiger charge is -2.12. The third kappa shape index (κ3) is 5.74. The molecule has 0 heterocycles. The highest BCUT2D eigenvalue weighted by Crippen LogP contribution is 2.33. The molecule has 0 aliphatic rings. The van der Waals surface area contributed by atoms with E-state index in [4.69, 9.17) is 0 Å². The Balaban J connectivity index is 1.85. The van der Waals surface area contributed by atoms with Crippen LogP contribution >= 0.6 is 0 Å². The van der Waals surface area contributed by atoms with E-state index in [2.05, 4.69) is 25.1 Å². The van der Waals surface area contributed by atoms with Gasteiger partial charge in [0.1, 0.15) is 5.75 Å². The summed E-state index contributed by atoms with van der Waals surface area (Å²) in [7, 11) is 0. The van der Waals surface area contributed by atoms with Gasteiger partial charge in [-0.05, 0) is 30.0 Å². The fraction of sp³-hybridized carbons (Fsp3) is 0.455. The number of unbranched alkanes of at least 4 members (excludes halogenated alkanes) is 7. The second kappa shape index (κ2) is 10.1. The van der Waals surface area contributed by atoms with Crippen LogP contribution in [0.4, 0.5) is 0 Å². The number of rotatable bonds is 10. The van der Waals surface area contributed by atoms with Crippen LogP contribution < -0.4 is 0 Å². The third-order valence-corrected chi connectivity index (χ3v) is 4.49. The number of phenols is 1. The topological polar surface area (TPSA) is 20.2 Å². The summed E-state index contributed by atoms with van der Waals surface area (Å²) >= 11 is 0. The molecule has 0 saturated carbocycles. The minimum absolute atomic E-state index is 0.397. The van der Waals surface area contributed by atoms with Gasteiger partial charge in [-0.1, -0.05) is 94.3 Å². The Bertz CT molecular complexity index is 559. The van der Waals surface area contributed by atoms with E-state index in [0.29, 0.717) is 5.75 Å². The van der Waals surface area contributed by atoms with E-state index in [1.54, 1.807) is 6.07 Å². The predicted octanol–water partition coefficient (Wildman–Crippen LogP) is 6.74. The summed E-state index contributed by atoms with van der Waals surface area (Å²) in [6, 6.07) is 16.1. The first kappa shape index (κ1) is 17.6. The highest BCUT2D eigenvalue weighted by Gasteiger charge is 2.09. The van der Waals surface area contributed by atoms with Crippen molar-refractivity contribution in [3.05, 3.63) is 54.1 Å². The minimum atomic E-state index is 0.397. The van der Waals surface area contributed by atoms with Crippen LogP contribution in [0.15, 0.2) is 48.5 Å². The molecule has 0 atom stereocenters. The van der Waals surface area contributed by atoms with E-state index in [-0.39, 0.29) is 0 Å². The van der Waals surface area contributed by atoms with E-state index in [1.165, 1.54) is 56.9 Å². The van der Waals surface area contributed by atoms with Gasteiger partial charge in [-0.15, -0.1) is 0 Å². The molecule has 2 aromatic carbocycles. The zero-order valence-electron chi connectivity index (χ0n) is 14.4. The van der Waals surface area contributed by atoms with Gasteiger partial charge in [0.25, 0.3) is 0 Å². The summed E-state index contributed by atoms with van der Waals surface area (Å²) in [6.07, 6.45) is 11.7. The standard InChI is InChI=1S/C22H30O/c1-2-3-4-5-6-7-8-10-14-20-17-13-18-21(23)22(20)19-15-11-9-12-16-19/h9,11-13,15-18,23H,2-8,10,14H2,1H3. The second-order valence-corrected chi connectivity index (χ2v) is 6.40. The van der Waals surface area contributed by atoms with Crippen molar-refractivity contribution in [2.45, 2.75) is 64.7 Å². The number of hydrogen-bond donors (Lipinski definition) is 1. The normalized spacial score (nSPS) is 10.8. The Morgan fingerprint density at radius 3 is 2.04 bits per heavy atom. The van der Waals surface area contributed by atoms with Crippen LogP contribution in [0, 0.1) is 0 Å². The molecule has 1 N–H and O–H groups in total. The number of hydrogen-bond acceptors (Lipinski definition) is 1. The number of benzene rings is 2. The summed E-state index contributed by atoms with van der Waals surface area (Å²) in [5, 5.41) is 10.3. The summed E-state index contributed by atoms with van der Waals surface area (Å²) in [4.78, 5) is 0. The molecule has 23 heavy (non-hydrogen) atoms. The summed E-state index contributed by atoms with van der Waals surface area (Å²) < 4.78 is 0. The van der Waals surface area contributed by atoms with Gasteiger partial charge in [0.15, 0.2) is 0 Å². The monoisotopic (exact) mass is 310 g/mol. The molecule has 0 aliphatic heterocycles. The first-order valence-corrected chi connectivity index (χ1v) is 9.19. The Kier molecular flexibility index (Phi) is 7.72. The quantitative estimate of drug-likeness (QED) is 0.482. The Morgan fingerprint density at radius 2 is 1.35 bits per heavy atom. The first-order chi connectivity index (χ1) is 11.3. The molecule has 0 radical (unpaired) electrons. The average molecular weight is 310 g/mol. The summed E-state index contributed by atoms with van der Waals surface area (Å²) in [5.41, 5.74) is 3.39.